The second-order valence-electron chi connectivity index (χ2n) is 5.95. The van der Waals surface area contributed by atoms with E-state index >= 15 is 0 Å². The highest BCUT2D eigenvalue weighted by atomic mass is 16.5. The van der Waals surface area contributed by atoms with Crippen molar-refractivity contribution in [1.29, 1.82) is 0 Å². The summed E-state index contributed by atoms with van der Waals surface area (Å²) in [5.41, 5.74) is -0.0249. The number of methoxy groups -OCH3 is 1. The fourth-order valence-corrected chi connectivity index (χ4v) is 2.25. The monoisotopic (exact) mass is 244 g/mol. The lowest BCUT2D eigenvalue weighted by Gasteiger charge is -2.30. The van der Waals surface area contributed by atoms with Crippen LogP contribution >= 0.6 is 0 Å². The van der Waals surface area contributed by atoms with Gasteiger partial charge in [0, 0.05) is 13.7 Å². The van der Waals surface area contributed by atoms with Crippen LogP contribution in [0.15, 0.2) is 0 Å². The smallest absolute Gasteiger partial charge is 0.0602 e. The zero-order valence-electron chi connectivity index (χ0n) is 12.7. The SMILES string of the molecule is CCC(CCCCCOC)C(C)OC(C)(C)C. The molecule has 2 heteroatoms. The predicted molar refractivity (Wildman–Crippen MR) is 74.4 cm³/mol. The van der Waals surface area contributed by atoms with Crippen LogP contribution < -0.4 is 0 Å². The largest absolute Gasteiger partial charge is 0.385 e. The van der Waals surface area contributed by atoms with E-state index in [1.165, 1.54) is 32.1 Å². The Balaban J connectivity index is 3.81. The molecule has 0 spiro atoms. The minimum Gasteiger partial charge on any atom is -0.385 e. The molecule has 0 aliphatic carbocycles. The highest BCUT2D eigenvalue weighted by Gasteiger charge is 2.21. The number of hydrogen-bond donors (Lipinski definition) is 0. The molecule has 104 valence electrons. The van der Waals surface area contributed by atoms with Crippen LogP contribution in [0.25, 0.3) is 0 Å². The Labute approximate surface area is 108 Å². The van der Waals surface area contributed by atoms with Gasteiger partial charge >= 0.3 is 0 Å². The van der Waals surface area contributed by atoms with E-state index in [-0.39, 0.29) is 5.60 Å². The Bertz CT molecular complexity index is 172. The normalized spacial score (nSPS) is 15.9. The summed E-state index contributed by atoms with van der Waals surface area (Å²) < 4.78 is 11.1. The third-order valence-corrected chi connectivity index (χ3v) is 3.15. The van der Waals surface area contributed by atoms with Gasteiger partial charge in [-0.2, -0.15) is 0 Å². The fourth-order valence-electron chi connectivity index (χ4n) is 2.25. The summed E-state index contributed by atoms with van der Waals surface area (Å²) in [6.45, 7) is 11.8. The molecule has 0 bridgehead atoms. The molecule has 0 fully saturated rings. The molecule has 0 aromatic rings. The molecule has 0 saturated heterocycles. The topological polar surface area (TPSA) is 18.5 Å². The Morgan fingerprint density at radius 1 is 1.06 bits per heavy atom. The van der Waals surface area contributed by atoms with E-state index in [1.807, 2.05) is 0 Å². The summed E-state index contributed by atoms with van der Waals surface area (Å²) in [5, 5.41) is 0. The first-order valence-electron chi connectivity index (χ1n) is 7.07. The molecule has 0 radical (unpaired) electrons. The number of hydrogen-bond acceptors (Lipinski definition) is 2. The predicted octanol–water partition coefficient (Wildman–Crippen LogP) is 4.42. The quantitative estimate of drug-likeness (QED) is 0.559. The van der Waals surface area contributed by atoms with Crippen LogP contribution in [0.3, 0.4) is 0 Å². The van der Waals surface area contributed by atoms with Gasteiger partial charge in [-0.05, 0) is 46.5 Å². The van der Waals surface area contributed by atoms with Crippen molar-refractivity contribution in [3.63, 3.8) is 0 Å². The molecule has 2 atom stereocenters. The van der Waals surface area contributed by atoms with Gasteiger partial charge in [0.1, 0.15) is 0 Å². The van der Waals surface area contributed by atoms with Gasteiger partial charge in [-0.15, -0.1) is 0 Å². The number of ether oxygens (including phenoxy) is 2. The van der Waals surface area contributed by atoms with Crippen molar-refractivity contribution in [1.82, 2.24) is 0 Å². The molecular weight excluding hydrogens is 212 g/mol. The first-order chi connectivity index (χ1) is 7.90. The molecule has 0 aliphatic heterocycles. The summed E-state index contributed by atoms with van der Waals surface area (Å²) in [5.74, 6) is 0.691. The van der Waals surface area contributed by atoms with Crippen LogP contribution in [-0.4, -0.2) is 25.4 Å². The lowest BCUT2D eigenvalue weighted by Crippen LogP contribution is -2.30. The van der Waals surface area contributed by atoms with Gasteiger partial charge in [0.2, 0.25) is 0 Å². The molecule has 0 heterocycles. The van der Waals surface area contributed by atoms with Crippen molar-refractivity contribution in [2.45, 2.75) is 78.4 Å². The molecule has 0 amide bonds. The minimum absolute atomic E-state index is 0.0249. The van der Waals surface area contributed by atoms with Gasteiger partial charge in [-0.1, -0.05) is 26.2 Å². The Morgan fingerprint density at radius 2 is 1.71 bits per heavy atom. The zero-order valence-corrected chi connectivity index (χ0v) is 12.7. The minimum atomic E-state index is -0.0249. The highest BCUT2D eigenvalue weighted by molar-refractivity contribution is 4.70. The van der Waals surface area contributed by atoms with Crippen molar-refractivity contribution in [2.75, 3.05) is 13.7 Å². The summed E-state index contributed by atoms with van der Waals surface area (Å²) in [6, 6.07) is 0. The third kappa shape index (κ3) is 9.61. The maximum Gasteiger partial charge on any atom is 0.0602 e. The van der Waals surface area contributed by atoms with Crippen molar-refractivity contribution in [2.24, 2.45) is 5.92 Å². The molecular formula is C15H32O2. The summed E-state index contributed by atoms with van der Waals surface area (Å²) in [6.07, 6.45) is 6.59. The molecule has 0 aromatic heterocycles. The molecule has 17 heavy (non-hydrogen) atoms. The molecule has 0 N–H and O–H groups in total. The van der Waals surface area contributed by atoms with Crippen LogP contribution in [0.2, 0.25) is 0 Å². The maximum absolute atomic E-state index is 6.04. The molecule has 0 rings (SSSR count). The average molecular weight is 244 g/mol. The van der Waals surface area contributed by atoms with E-state index in [1.54, 1.807) is 7.11 Å². The fraction of sp³-hybridized carbons (Fsp3) is 1.00. The Kier molecular flexibility index (Phi) is 8.89. The lowest BCUT2D eigenvalue weighted by molar-refractivity contribution is -0.0783. The van der Waals surface area contributed by atoms with E-state index in [0.717, 1.165) is 6.61 Å². The second-order valence-corrected chi connectivity index (χ2v) is 5.95. The average Bonchev–Trinajstić information content (AvgIpc) is 2.20. The van der Waals surface area contributed by atoms with E-state index < -0.39 is 0 Å². The van der Waals surface area contributed by atoms with Crippen molar-refractivity contribution >= 4 is 0 Å². The van der Waals surface area contributed by atoms with Gasteiger partial charge in [0.05, 0.1) is 11.7 Å². The Hall–Kier alpha value is -0.0800. The van der Waals surface area contributed by atoms with Crippen LogP contribution in [0, 0.1) is 5.92 Å². The van der Waals surface area contributed by atoms with Gasteiger partial charge < -0.3 is 9.47 Å². The van der Waals surface area contributed by atoms with Crippen LogP contribution in [0.5, 0.6) is 0 Å². The highest BCUT2D eigenvalue weighted by Crippen LogP contribution is 2.23. The van der Waals surface area contributed by atoms with Gasteiger partial charge in [0.25, 0.3) is 0 Å². The maximum atomic E-state index is 6.04. The molecule has 2 unspecified atom stereocenters. The second kappa shape index (κ2) is 8.93. The summed E-state index contributed by atoms with van der Waals surface area (Å²) in [4.78, 5) is 0. The van der Waals surface area contributed by atoms with Crippen LogP contribution in [-0.2, 0) is 9.47 Å². The zero-order chi connectivity index (χ0) is 13.3. The molecule has 0 aliphatic rings. The van der Waals surface area contributed by atoms with E-state index in [2.05, 4.69) is 34.6 Å². The van der Waals surface area contributed by atoms with Crippen molar-refractivity contribution in [3.8, 4) is 0 Å². The first kappa shape index (κ1) is 16.9. The molecule has 0 saturated carbocycles. The van der Waals surface area contributed by atoms with E-state index in [0.29, 0.717) is 12.0 Å². The van der Waals surface area contributed by atoms with Gasteiger partial charge in [-0.25, -0.2) is 0 Å². The van der Waals surface area contributed by atoms with Crippen molar-refractivity contribution < 1.29 is 9.47 Å². The Morgan fingerprint density at radius 3 is 2.18 bits per heavy atom. The van der Waals surface area contributed by atoms with Crippen LogP contribution in [0.4, 0.5) is 0 Å². The van der Waals surface area contributed by atoms with Crippen molar-refractivity contribution in [3.05, 3.63) is 0 Å². The lowest BCUT2D eigenvalue weighted by atomic mass is 9.93. The standard InChI is InChI=1S/C15H32O2/c1-7-14(11-9-8-10-12-16-6)13(2)17-15(3,4)5/h13-14H,7-12H2,1-6H3. The summed E-state index contributed by atoms with van der Waals surface area (Å²) >= 11 is 0. The summed E-state index contributed by atoms with van der Waals surface area (Å²) in [7, 11) is 1.77. The van der Waals surface area contributed by atoms with E-state index in [4.69, 9.17) is 9.47 Å². The number of unbranched alkanes of at least 4 members (excludes halogenated alkanes) is 2. The molecule has 2 nitrogen and oxygen atoms in total. The van der Waals surface area contributed by atoms with Crippen LogP contribution in [0.1, 0.15) is 66.7 Å². The van der Waals surface area contributed by atoms with E-state index in [9.17, 15) is 0 Å². The van der Waals surface area contributed by atoms with Gasteiger partial charge in [0.15, 0.2) is 0 Å². The molecule has 0 aromatic carbocycles. The third-order valence-electron chi connectivity index (χ3n) is 3.15. The number of rotatable bonds is 9. The van der Waals surface area contributed by atoms with Gasteiger partial charge in [-0.3, -0.25) is 0 Å². The first-order valence-corrected chi connectivity index (χ1v) is 7.07.